The Kier molecular flexibility index (Phi) is 4.26. The SMILES string of the molecule is COc1ccc(-c2oc3ccccc3c3c(-c4ccc(C)cc4)c4ccccc4c2-3)cc1. The Morgan fingerprint density at radius 3 is 1.84 bits per heavy atom. The molecule has 0 fully saturated rings. The summed E-state index contributed by atoms with van der Waals surface area (Å²) in [6.45, 7) is 2.13. The Hall–Kier alpha value is -4.04. The number of methoxy groups -OCH3 is 1. The summed E-state index contributed by atoms with van der Waals surface area (Å²) >= 11 is 0. The first-order valence-corrected chi connectivity index (χ1v) is 10.8. The molecule has 0 saturated carbocycles. The number of rotatable bonds is 3. The molecule has 0 atom stereocenters. The van der Waals surface area contributed by atoms with Crippen LogP contribution < -0.4 is 4.74 Å². The lowest BCUT2D eigenvalue weighted by atomic mass is 9.93. The highest BCUT2D eigenvalue weighted by molar-refractivity contribution is 6.23. The minimum Gasteiger partial charge on any atom is -0.497 e. The summed E-state index contributed by atoms with van der Waals surface area (Å²) in [5, 5.41) is 3.58. The predicted molar refractivity (Wildman–Crippen MR) is 133 cm³/mol. The maximum Gasteiger partial charge on any atom is 0.143 e. The molecule has 154 valence electrons. The molecular weight excluding hydrogens is 392 g/mol. The van der Waals surface area contributed by atoms with Gasteiger partial charge in [-0.3, -0.25) is 0 Å². The lowest BCUT2D eigenvalue weighted by molar-refractivity contribution is 0.415. The second kappa shape index (κ2) is 7.28. The van der Waals surface area contributed by atoms with E-state index in [1.807, 2.05) is 18.2 Å². The van der Waals surface area contributed by atoms with Gasteiger partial charge < -0.3 is 9.15 Å². The Morgan fingerprint density at radius 2 is 1.16 bits per heavy atom. The van der Waals surface area contributed by atoms with Gasteiger partial charge in [0.05, 0.1) is 7.11 Å². The van der Waals surface area contributed by atoms with Crippen LogP contribution in [0, 0.1) is 6.92 Å². The highest BCUT2D eigenvalue weighted by atomic mass is 16.5. The van der Waals surface area contributed by atoms with Crippen molar-refractivity contribution in [2.45, 2.75) is 6.92 Å². The van der Waals surface area contributed by atoms with Gasteiger partial charge in [0.15, 0.2) is 0 Å². The van der Waals surface area contributed by atoms with Gasteiger partial charge in [-0.2, -0.15) is 0 Å². The molecule has 2 heteroatoms. The monoisotopic (exact) mass is 414 g/mol. The quantitative estimate of drug-likeness (QED) is 0.290. The van der Waals surface area contributed by atoms with E-state index in [1.165, 1.54) is 33.0 Å². The van der Waals surface area contributed by atoms with E-state index in [1.54, 1.807) is 7.11 Å². The van der Waals surface area contributed by atoms with E-state index >= 15 is 0 Å². The Labute approximate surface area is 187 Å². The zero-order chi connectivity index (χ0) is 21.7. The first-order valence-electron chi connectivity index (χ1n) is 10.8. The van der Waals surface area contributed by atoms with Gasteiger partial charge >= 0.3 is 0 Å². The van der Waals surface area contributed by atoms with Gasteiger partial charge in [-0.05, 0) is 59.2 Å². The summed E-state index contributed by atoms with van der Waals surface area (Å²) in [7, 11) is 1.69. The van der Waals surface area contributed by atoms with Gasteiger partial charge in [-0.15, -0.1) is 0 Å². The molecule has 4 aromatic rings. The molecule has 0 spiro atoms. The van der Waals surface area contributed by atoms with Crippen LogP contribution in [0.2, 0.25) is 0 Å². The molecule has 6 rings (SSSR count). The minimum atomic E-state index is 0.832. The number of hydrogen-bond acceptors (Lipinski definition) is 2. The summed E-state index contributed by atoms with van der Waals surface area (Å²) in [6, 6.07) is 33.9. The molecule has 0 unspecified atom stereocenters. The van der Waals surface area contributed by atoms with E-state index < -0.39 is 0 Å². The van der Waals surface area contributed by atoms with Gasteiger partial charge in [-0.25, -0.2) is 0 Å². The largest absolute Gasteiger partial charge is 0.497 e. The topological polar surface area (TPSA) is 22.4 Å². The van der Waals surface area contributed by atoms with Gasteiger partial charge in [0.2, 0.25) is 0 Å². The van der Waals surface area contributed by atoms with E-state index in [-0.39, 0.29) is 0 Å². The maximum absolute atomic E-state index is 6.57. The number of hydrogen-bond donors (Lipinski definition) is 0. The summed E-state index contributed by atoms with van der Waals surface area (Å²) in [5.41, 5.74) is 8.05. The van der Waals surface area contributed by atoms with Crippen molar-refractivity contribution in [3.05, 3.63) is 103 Å². The molecule has 0 N–H and O–H groups in total. The van der Waals surface area contributed by atoms with Crippen LogP contribution in [0.15, 0.2) is 101 Å². The van der Waals surface area contributed by atoms with E-state index in [0.717, 1.165) is 33.6 Å². The standard InChI is InChI=1S/C30H22O2/c1-19-11-13-20(14-12-19)27-23-7-3-4-8-24(23)29-28(27)25-9-5-6-10-26(25)32-30(29)21-15-17-22(31-2)18-16-21/h3-18H,1-2H3. The molecule has 1 heterocycles. The second-order valence-electron chi connectivity index (χ2n) is 8.19. The van der Waals surface area contributed by atoms with E-state index in [9.17, 15) is 0 Å². The van der Waals surface area contributed by atoms with Crippen LogP contribution in [-0.2, 0) is 0 Å². The van der Waals surface area contributed by atoms with E-state index in [0.29, 0.717) is 0 Å². The van der Waals surface area contributed by atoms with Gasteiger partial charge in [0.25, 0.3) is 0 Å². The van der Waals surface area contributed by atoms with E-state index in [2.05, 4.69) is 85.8 Å². The molecule has 0 amide bonds. The van der Waals surface area contributed by atoms with Crippen LogP contribution in [0.4, 0.5) is 0 Å². The van der Waals surface area contributed by atoms with Crippen molar-refractivity contribution in [3.63, 3.8) is 0 Å². The molecule has 2 aliphatic rings. The Bertz CT molecular complexity index is 1540. The summed E-state index contributed by atoms with van der Waals surface area (Å²) in [4.78, 5) is 0. The lowest BCUT2D eigenvalue weighted by Gasteiger charge is -2.14. The number of para-hydroxylation sites is 1. The first kappa shape index (κ1) is 18.7. The molecule has 32 heavy (non-hydrogen) atoms. The first-order chi connectivity index (χ1) is 15.7. The van der Waals surface area contributed by atoms with Crippen molar-refractivity contribution in [1.82, 2.24) is 0 Å². The van der Waals surface area contributed by atoms with Crippen LogP contribution in [0.1, 0.15) is 5.56 Å². The number of aryl methyl sites for hydroxylation is 1. The van der Waals surface area contributed by atoms with Crippen molar-refractivity contribution >= 4 is 21.7 Å². The number of ether oxygens (including phenoxy) is 1. The molecular formula is C30H22O2. The third-order valence-corrected chi connectivity index (χ3v) is 6.25. The van der Waals surface area contributed by atoms with Crippen molar-refractivity contribution in [1.29, 1.82) is 0 Å². The summed E-state index contributed by atoms with van der Waals surface area (Å²) in [5.74, 6) is 1.72. The average molecular weight is 415 g/mol. The fraction of sp³-hybridized carbons (Fsp3) is 0.0667. The molecule has 1 aliphatic heterocycles. The van der Waals surface area contributed by atoms with Crippen molar-refractivity contribution in [2.24, 2.45) is 0 Å². The number of fused-ring (bicyclic) bond motifs is 5. The third-order valence-electron chi connectivity index (χ3n) is 6.25. The van der Waals surface area contributed by atoms with Crippen molar-refractivity contribution in [2.75, 3.05) is 7.11 Å². The highest BCUT2D eigenvalue weighted by Crippen LogP contribution is 2.52. The molecule has 0 saturated heterocycles. The Morgan fingerprint density at radius 1 is 0.562 bits per heavy atom. The average Bonchev–Trinajstić information content (AvgIpc) is 3.20. The van der Waals surface area contributed by atoms with Crippen molar-refractivity contribution in [3.8, 4) is 39.3 Å². The second-order valence-corrected chi connectivity index (χ2v) is 8.19. The van der Waals surface area contributed by atoms with Gasteiger partial charge in [-0.1, -0.05) is 72.3 Å². The molecule has 4 aromatic carbocycles. The van der Waals surface area contributed by atoms with Gasteiger partial charge in [0, 0.05) is 22.1 Å². The summed E-state index contributed by atoms with van der Waals surface area (Å²) < 4.78 is 11.9. The molecule has 2 nitrogen and oxygen atoms in total. The molecule has 0 bridgehead atoms. The van der Waals surface area contributed by atoms with Gasteiger partial charge in [0.1, 0.15) is 17.1 Å². The van der Waals surface area contributed by atoms with Crippen LogP contribution in [-0.4, -0.2) is 7.11 Å². The fourth-order valence-corrected chi connectivity index (χ4v) is 4.71. The predicted octanol–water partition coefficient (Wildman–Crippen LogP) is 8.34. The fourth-order valence-electron chi connectivity index (χ4n) is 4.71. The number of benzene rings is 4. The van der Waals surface area contributed by atoms with Crippen LogP contribution in [0.25, 0.3) is 55.3 Å². The van der Waals surface area contributed by atoms with Crippen LogP contribution >= 0.6 is 0 Å². The zero-order valence-corrected chi connectivity index (χ0v) is 18.1. The molecule has 0 aromatic heterocycles. The third kappa shape index (κ3) is 2.80. The normalized spacial score (nSPS) is 11.4. The van der Waals surface area contributed by atoms with Crippen molar-refractivity contribution < 1.29 is 9.15 Å². The lowest BCUT2D eigenvalue weighted by Crippen LogP contribution is -1.89. The van der Waals surface area contributed by atoms with E-state index in [4.69, 9.17) is 9.15 Å². The Balaban J connectivity index is 1.78. The highest BCUT2D eigenvalue weighted by Gasteiger charge is 2.26. The smallest absolute Gasteiger partial charge is 0.143 e. The van der Waals surface area contributed by atoms with Crippen LogP contribution in [0.3, 0.4) is 0 Å². The molecule has 0 radical (unpaired) electrons. The maximum atomic E-state index is 6.57. The zero-order valence-electron chi connectivity index (χ0n) is 18.1. The van der Waals surface area contributed by atoms with Crippen LogP contribution in [0.5, 0.6) is 5.75 Å². The molecule has 1 aliphatic carbocycles. The summed E-state index contributed by atoms with van der Waals surface area (Å²) in [6.07, 6.45) is 0. The minimum absolute atomic E-state index is 0.832.